The van der Waals surface area contributed by atoms with Crippen LogP contribution in [0, 0.1) is 6.92 Å². The second kappa shape index (κ2) is 6.47. The van der Waals surface area contributed by atoms with Gasteiger partial charge < -0.3 is 4.90 Å². The lowest BCUT2D eigenvalue weighted by Crippen LogP contribution is -2.47. The van der Waals surface area contributed by atoms with Gasteiger partial charge in [-0.3, -0.25) is 14.2 Å². The third-order valence-corrected chi connectivity index (χ3v) is 5.17. The Morgan fingerprint density at radius 2 is 2.00 bits per heavy atom. The molecule has 1 aromatic carbocycles. The summed E-state index contributed by atoms with van der Waals surface area (Å²) in [4.78, 5) is 31.9. The Hall–Kier alpha value is -2.43. The monoisotopic (exact) mass is 339 g/mol. The second-order valence-corrected chi connectivity index (χ2v) is 7.18. The van der Waals surface area contributed by atoms with E-state index in [0.717, 1.165) is 22.4 Å². The summed E-state index contributed by atoms with van der Waals surface area (Å²) in [5.41, 5.74) is 3.05. The molecule has 0 aliphatic carbocycles. The van der Waals surface area contributed by atoms with Gasteiger partial charge >= 0.3 is 0 Å². The predicted octanol–water partition coefficient (Wildman–Crippen LogP) is 2.43. The van der Waals surface area contributed by atoms with E-state index in [0.29, 0.717) is 26.1 Å². The largest absolute Gasteiger partial charge is 0.336 e. The standard InChI is InChI=1S/C20H25N3O2/c1-5-22-13-21-17-12-23(11-10-15(17)18(22)24)19(25)20(3,4)16-9-7-6-8-14(16)2/h6-9,13H,5,10-12H2,1-4H3. The van der Waals surface area contributed by atoms with Crippen molar-refractivity contribution in [2.75, 3.05) is 6.54 Å². The van der Waals surface area contributed by atoms with Crippen molar-refractivity contribution in [3.63, 3.8) is 0 Å². The molecule has 2 heterocycles. The summed E-state index contributed by atoms with van der Waals surface area (Å²) in [6, 6.07) is 8.00. The first-order valence-electron chi connectivity index (χ1n) is 8.79. The van der Waals surface area contributed by atoms with E-state index in [1.807, 2.05) is 56.9 Å². The lowest BCUT2D eigenvalue weighted by atomic mass is 9.80. The number of fused-ring (bicyclic) bond motifs is 1. The van der Waals surface area contributed by atoms with Gasteiger partial charge in [-0.15, -0.1) is 0 Å². The van der Waals surface area contributed by atoms with Gasteiger partial charge in [0.05, 0.1) is 24.0 Å². The van der Waals surface area contributed by atoms with Crippen molar-refractivity contribution < 1.29 is 4.79 Å². The van der Waals surface area contributed by atoms with E-state index in [1.54, 1.807) is 10.9 Å². The Bertz CT molecular complexity index is 867. The number of aryl methyl sites for hydroxylation is 2. The Balaban J connectivity index is 1.89. The molecule has 1 aliphatic heterocycles. The maximum Gasteiger partial charge on any atom is 0.256 e. The molecule has 0 atom stereocenters. The van der Waals surface area contributed by atoms with Crippen LogP contribution in [0.15, 0.2) is 35.4 Å². The summed E-state index contributed by atoms with van der Waals surface area (Å²) >= 11 is 0. The van der Waals surface area contributed by atoms with Crippen LogP contribution in [0.2, 0.25) is 0 Å². The molecular weight excluding hydrogens is 314 g/mol. The van der Waals surface area contributed by atoms with Gasteiger partial charge in [0.25, 0.3) is 5.56 Å². The highest BCUT2D eigenvalue weighted by Crippen LogP contribution is 2.30. The van der Waals surface area contributed by atoms with Crippen molar-refractivity contribution in [3.8, 4) is 0 Å². The van der Waals surface area contributed by atoms with E-state index in [1.165, 1.54) is 0 Å². The van der Waals surface area contributed by atoms with Crippen LogP contribution >= 0.6 is 0 Å². The molecule has 5 nitrogen and oxygen atoms in total. The molecule has 0 N–H and O–H groups in total. The molecule has 25 heavy (non-hydrogen) atoms. The van der Waals surface area contributed by atoms with E-state index >= 15 is 0 Å². The average molecular weight is 339 g/mol. The van der Waals surface area contributed by atoms with Gasteiger partial charge in [0, 0.05) is 18.7 Å². The number of benzene rings is 1. The molecule has 1 aliphatic rings. The highest BCUT2D eigenvalue weighted by molar-refractivity contribution is 5.88. The maximum atomic E-state index is 13.2. The van der Waals surface area contributed by atoms with Crippen LogP contribution in [0.4, 0.5) is 0 Å². The fourth-order valence-corrected chi connectivity index (χ4v) is 3.64. The van der Waals surface area contributed by atoms with Gasteiger partial charge in [0.1, 0.15) is 0 Å². The SMILES string of the molecule is CCn1cnc2c(c1=O)CCN(C(=O)C(C)(C)c1ccccc1C)C2. The Morgan fingerprint density at radius 3 is 2.68 bits per heavy atom. The summed E-state index contributed by atoms with van der Waals surface area (Å²) in [7, 11) is 0. The molecular formula is C20H25N3O2. The van der Waals surface area contributed by atoms with Crippen LogP contribution in [0.5, 0.6) is 0 Å². The quantitative estimate of drug-likeness (QED) is 0.863. The molecule has 0 fully saturated rings. The highest BCUT2D eigenvalue weighted by atomic mass is 16.2. The van der Waals surface area contributed by atoms with Crippen molar-refractivity contribution in [2.24, 2.45) is 0 Å². The number of nitrogens with zero attached hydrogens (tertiary/aromatic N) is 3. The minimum Gasteiger partial charge on any atom is -0.336 e. The average Bonchev–Trinajstić information content (AvgIpc) is 2.61. The zero-order chi connectivity index (χ0) is 18.2. The van der Waals surface area contributed by atoms with E-state index in [9.17, 15) is 9.59 Å². The zero-order valence-electron chi connectivity index (χ0n) is 15.4. The first-order valence-corrected chi connectivity index (χ1v) is 8.79. The molecule has 0 bridgehead atoms. The molecule has 0 saturated carbocycles. The van der Waals surface area contributed by atoms with Crippen LogP contribution in [0.1, 0.15) is 43.2 Å². The number of carbonyl (C=O) groups excluding carboxylic acids is 1. The Kier molecular flexibility index (Phi) is 4.50. The first kappa shape index (κ1) is 17.4. The van der Waals surface area contributed by atoms with Crippen LogP contribution in [-0.2, 0) is 29.7 Å². The normalized spacial score (nSPS) is 14.3. The predicted molar refractivity (Wildman–Crippen MR) is 97.5 cm³/mol. The third kappa shape index (κ3) is 2.99. The van der Waals surface area contributed by atoms with Gasteiger partial charge in [0.15, 0.2) is 0 Å². The number of hydrogen-bond acceptors (Lipinski definition) is 3. The van der Waals surface area contributed by atoms with Gasteiger partial charge in [0.2, 0.25) is 5.91 Å². The van der Waals surface area contributed by atoms with Crippen LogP contribution in [0.25, 0.3) is 0 Å². The minimum atomic E-state index is -0.610. The number of rotatable bonds is 3. The third-order valence-electron chi connectivity index (χ3n) is 5.17. The van der Waals surface area contributed by atoms with E-state index < -0.39 is 5.41 Å². The first-order chi connectivity index (χ1) is 11.9. The van der Waals surface area contributed by atoms with Gasteiger partial charge in [-0.2, -0.15) is 0 Å². The van der Waals surface area contributed by atoms with Crippen LogP contribution in [0.3, 0.4) is 0 Å². The molecule has 0 saturated heterocycles. The molecule has 0 radical (unpaired) electrons. The molecule has 1 amide bonds. The van der Waals surface area contributed by atoms with Crippen LogP contribution in [-0.4, -0.2) is 26.9 Å². The van der Waals surface area contributed by atoms with Crippen molar-refractivity contribution in [2.45, 2.75) is 52.6 Å². The maximum absolute atomic E-state index is 13.2. The van der Waals surface area contributed by atoms with Crippen molar-refractivity contribution >= 4 is 5.91 Å². The molecule has 2 aromatic rings. The van der Waals surface area contributed by atoms with E-state index in [-0.39, 0.29) is 11.5 Å². The summed E-state index contributed by atoms with van der Waals surface area (Å²) < 4.78 is 1.62. The zero-order valence-corrected chi connectivity index (χ0v) is 15.4. The molecule has 132 valence electrons. The van der Waals surface area contributed by atoms with Gasteiger partial charge in [-0.1, -0.05) is 24.3 Å². The number of amides is 1. The number of aromatic nitrogens is 2. The summed E-state index contributed by atoms with van der Waals surface area (Å²) in [6.07, 6.45) is 2.15. The van der Waals surface area contributed by atoms with Gasteiger partial charge in [-0.05, 0) is 45.2 Å². The summed E-state index contributed by atoms with van der Waals surface area (Å²) in [5.74, 6) is 0.0777. The van der Waals surface area contributed by atoms with E-state index in [2.05, 4.69) is 4.98 Å². The fraction of sp³-hybridized carbons (Fsp3) is 0.450. The topological polar surface area (TPSA) is 55.2 Å². The molecule has 5 heteroatoms. The Morgan fingerprint density at radius 1 is 1.28 bits per heavy atom. The summed E-state index contributed by atoms with van der Waals surface area (Å²) in [5, 5.41) is 0. The van der Waals surface area contributed by atoms with Gasteiger partial charge in [-0.25, -0.2) is 4.98 Å². The highest BCUT2D eigenvalue weighted by Gasteiger charge is 2.36. The Labute approximate surface area is 148 Å². The van der Waals surface area contributed by atoms with Crippen molar-refractivity contribution in [1.82, 2.24) is 14.5 Å². The second-order valence-electron chi connectivity index (χ2n) is 7.18. The molecule has 0 unspecified atom stereocenters. The van der Waals surface area contributed by atoms with E-state index in [4.69, 9.17) is 0 Å². The minimum absolute atomic E-state index is 0.0257. The van der Waals surface area contributed by atoms with Crippen molar-refractivity contribution in [1.29, 1.82) is 0 Å². The lowest BCUT2D eigenvalue weighted by molar-refractivity contribution is -0.137. The number of carbonyl (C=O) groups is 1. The lowest BCUT2D eigenvalue weighted by Gasteiger charge is -2.35. The molecule has 3 rings (SSSR count). The number of hydrogen-bond donors (Lipinski definition) is 0. The fourth-order valence-electron chi connectivity index (χ4n) is 3.64. The molecule has 1 aromatic heterocycles. The molecule has 0 spiro atoms. The smallest absolute Gasteiger partial charge is 0.256 e. The van der Waals surface area contributed by atoms with Crippen molar-refractivity contribution in [3.05, 3.63) is 63.3 Å². The van der Waals surface area contributed by atoms with Crippen LogP contribution < -0.4 is 5.56 Å². The summed E-state index contributed by atoms with van der Waals surface area (Å²) in [6.45, 7) is 9.48.